The Bertz CT molecular complexity index is 751. The molecular weight excluding hydrogens is 331 g/mol. The molecule has 6 heteroatoms. The Kier molecular flexibility index (Phi) is 8.19. The zero-order valence-corrected chi connectivity index (χ0v) is 16.1. The van der Waals surface area contributed by atoms with Gasteiger partial charge in [-0.25, -0.2) is 9.37 Å². The van der Waals surface area contributed by atoms with Gasteiger partial charge in [0.05, 0.1) is 10.9 Å². The second-order valence-electron chi connectivity index (χ2n) is 6.76. The van der Waals surface area contributed by atoms with Crippen molar-refractivity contribution in [3.05, 3.63) is 40.2 Å². The van der Waals surface area contributed by atoms with E-state index >= 15 is 0 Å². The van der Waals surface area contributed by atoms with Crippen molar-refractivity contribution in [3.63, 3.8) is 0 Å². The van der Waals surface area contributed by atoms with Crippen LogP contribution in [-0.4, -0.2) is 35.2 Å². The second kappa shape index (κ2) is 10.4. The van der Waals surface area contributed by atoms with Crippen LogP contribution in [0.4, 0.5) is 4.39 Å². The minimum Gasteiger partial charge on any atom is -0.315 e. The van der Waals surface area contributed by atoms with E-state index < -0.39 is 5.82 Å². The van der Waals surface area contributed by atoms with Gasteiger partial charge in [0, 0.05) is 25.6 Å². The summed E-state index contributed by atoms with van der Waals surface area (Å²) in [5.74, 6) is 0.397. The molecule has 1 saturated heterocycles. The molecule has 0 radical (unpaired) electrons. The van der Waals surface area contributed by atoms with Gasteiger partial charge in [-0.2, -0.15) is 0 Å². The van der Waals surface area contributed by atoms with Crippen LogP contribution >= 0.6 is 0 Å². The predicted molar refractivity (Wildman–Crippen MR) is 105 cm³/mol. The molecule has 0 aliphatic carbocycles. The van der Waals surface area contributed by atoms with Crippen LogP contribution in [0.3, 0.4) is 0 Å². The number of halogens is 1. The summed E-state index contributed by atoms with van der Waals surface area (Å²) < 4.78 is 14.8. The topological polar surface area (TPSA) is 59.0 Å². The summed E-state index contributed by atoms with van der Waals surface area (Å²) in [6, 6.07) is 4.84. The number of unbranched alkanes of at least 4 members (excludes halogenated alkanes) is 1. The van der Waals surface area contributed by atoms with Gasteiger partial charge in [0.1, 0.15) is 11.6 Å². The fourth-order valence-corrected chi connectivity index (χ4v) is 3.04. The highest BCUT2D eigenvalue weighted by molar-refractivity contribution is 5.77. The Balaban J connectivity index is 0.000000254. The number of rotatable bonds is 4. The number of aryl methyl sites for hydroxylation is 1. The SMILES string of the molecule is CC1CNCCCN1.CCCCc1nc2ccc(F)cc2c(=O)n1CC. The first-order valence-corrected chi connectivity index (χ1v) is 9.69. The van der Waals surface area contributed by atoms with Crippen molar-refractivity contribution in [1.82, 2.24) is 20.2 Å². The Morgan fingerprint density at radius 3 is 2.85 bits per heavy atom. The van der Waals surface area contributed by atoms with E-state index in [1.54, 1.807) is 10.6 Å². The number of hydrogen-bond acceptors (Lipinski definition) is 4. The summed E-state index contributed by atoms with van der Waals surface area (Å²) in [7, 11) is 0. The molecule has 0 saturated carbocycles. The number of benzene rings is 1. The van der Waals surface area contributed by atoms with E-state index in [4.69, 9.17) is 0 Å². The van der Waals surface area contributed by atoms with Crippen molar-refractivity contribution in [2.45, 2.75) is 59.0 Å². The first kappa shape index (κ1) is 20.5. The smallest absolute Gasteiger partial charge is 0.261 e. The average molecular weight is 362 g/mol. The molecule has 144 valence electrons. The molecule has 1 aliphatic rings. The molecule has 1 aromatic heterocycles. The van der Waals surface area contributed by atoms with Crippen molar-refractivity contribution in [1.29, 1.82) is 0 Å². The van der Waals surface area contributed by atoms with Crippen LogP contribution in [0.25, 0.3) is 10.9 Å². The molecule has 1 unspecified atom stereocenters. The maximum absolute atomic E-state index is 13.2. The van der Waals surface area contributed by atoms with E-state index in [1.807, 2.05) is 6.92 Å². The Hall–Kier alpha value is -1.79. The minimum atomic E-state index is -0.398. The number of fused-ring (bicyclic) bond motifs is 1. The predicted octanol–water partition coefficient (Wildman–Crippen LogP) is 2.86. The number of hydrogen-bond donors (Lipinski definition) is 2. The number of aromatic nitrogens is 2. The number of nitrogens with zero attached hydrogens (tertiary/aromatic N) is 2. The normalized spacial score (nSPS) is 17.5. The van der Waals surface area contributed by atoms with Gasteiger partial charge in [0.15, 0.2) is 0 Å². The standard InChI is InChI=1S/C14H17FN2O.C6H14N2/c1-3-5-6-13-16-12-8-7-10(15)9-11(12)14(18)17(13)4-2;1-6-5-7-3-2-4-8-6/h7-9H,3-6H2,1-2H3;6-8H,2-5H2,1H3. The molecule has 3 rings (SSSR count). The summed E-state index contributed by atoms with van der Waals surface area (Å²) >= 11 is 0. The van der Waals surface area contributed by atoms with Crippen molar-refractivity contribution < 1.29 is 4.39 Å². The van der Waals surface area contributed by atoms with Crippen LogP contribution in [0.5, 0.6) is 0 Å². The zero-order valence-electron chi connectivity index (χ0n) is 16.1. The molecule has 2 N–H and O–H groups in total. The first-order valence-electron chi connectivity index (χ1n) is 9.69. The Labute approximate surface area is 155 Å². The lowest BCUT2D eigenvalue weighted by Crippen LogP contribution is -2.31. The fourth-order valence-electron chi connectivity index (χ4n) is 3.04. The van der Waals surface area contributed by atoms with E-state index in [1.165, 1.54) is 31.6 Å². The highest BCUT2D eigenvalue weighted by Crippen LogP contribution is 2.12. The summed E-state index contributed by atoms with van der Waals surface area (Å²) in [5.41, 5.74) is 0.435. The maximum Gasteiger partial charge on any atom is 0.261 e. The molecular formula is C20H31FN4O. The van der Waals surface area contributed by atoms with Crippen molar-refractivity contribution in [2.75, 3.05) is 19.6 Å². The maximum atomic E-state index is 13.2. The van der Waals surface area contributed by atoms with E-state index in [2.05, 4.69) is 29.5 Å². The van der Waals surface area contributed by atoms with Gasteiger partial charge in [-0.05, 0) is 58.0 Å². The zero-order chi connectivity index (χ0) is 18.9. The van der Waals surface area contributed by atoms with Crippen molar-refractivity contribution >= 4 is 10.9 Å². The summed E-state index contributed by atoms with van der Waals surface area (Å²) in [6.45, 7) is 10.3. The van der Waals surface area contributed by atoms with Crippen LogP contribution in [-0.2, 0) is 13.0 Å². The molecule has 0 amide bonds. The lowest BCUT2D eigenvalue weighted by molar-refractivity contribution is 0.568. The summed E-state index contributed by atoms with van der Waals surface area (Å²) in [4.78, 5) is 16.7. The quantitative estimate of drug-likeness (QED) is 0.878. The molecule has 2 heterocycles. The molecule has 0 spiro atoms. The lowest BCUT2D eigenvalue weighted by Gasteiger charge is -2.11. The molecule has 1 aliphatic heterocycles. The van der Waals surface area contributed by atoms with Crippen molar-refractivity contribution in [2.24, 2.45) is 0 Å². The third-order valence-electron chi connectivity index (χ3n) is 4.54. The van der Waals surface area contributed by atoms with Crippen LogP contribution in [0.15, 0.2) is 23.0 Å². The summed E-state index contributed by atoms with van der Waals surface area (Å²) in [5, 5.41) is 7.07. The number of nitrogens with one attached hydrogen (secondary N) is 2. The van der Waals surface area contributed by atoms with Gasteiger partial charge < -0.3 is 10.6 Å². The van der Waals surface area contributed by atoms with Gasteiger partial charge in [0.2, 0.25) is 0 Å². The minimum absolute atomic E-state index is 0.145. The van der Waals surface area contributed by atoms with Gasteiger partial charge in [-0.3, -0.25) is 9.36 Å². The van der Waals surface area contributed by atoms with Crippen LogP contribution in [0.2, 0.25) is 0 Å². The van der Waals surface area contributed by atoms with Gasteiger partial charge in [-0.1, -0.05) is 13.3 Å². The van der Waals surface area contributed by atoms with Crippen molar-refractivity contribution in [3.8, 4) is 0 Å². The second-order valence-corrected chi connectivity index (χ2v) is 6.76. The molecule has 0 bridgehead atoms. The van der Waals surface area contributed by atoms with E-state index in [0.29, 0.717) is 23.5 Å². The Morgan fingerprint density at radius 1 is 1.31 bits per heavy atom. The fraction of sp³-hybridized carbons (Fsp3) is 0.600. The molecule has 5 nitrogen and oxygen atoms in total. The van der Waals surface area contributed by atoms with E-state index in [0.717, 1.165) is 31.6 Å². The highest BCUT2D eigenvalue weighted by atomic mass is 19.1. The Morgan fingerprint density at radius 2 is 2.12 bits per heavy atom. The average Bonchev–Trinajstić information content (AvgIpc) is 2.89. The van der Waals surface area contributed by atoms with E-state index in [9.17, 15) is 9.18 Å². The first-order chi connectivity index (χ1) is 12.6. The molecule has 1 atom stereocenters. The highest BCUT2D eigenvalue weighted by Gasteiger charge is 2.10. The third kappa shape index (κ3) is 5.61. The molecule has 26 heavy (non-hydrogen) atoms. The van der Waals surface area contributed by atoms with Crippen LogP contribution in [0.1, 0.15) is 45.9 Å². The molecule has 1 fully saturated rings. The van der Waals surface area contributed by atoms with Gasteiger partial charge in [-0.15, -0.1) is 0 Å². The molecule has 2 aromatic rings. The van der Waals surface area contributed by atoms with Crippen LogP contribution in [0, 0.1) is 5.82 Å². The molecule has 1 aromatic carbocycles. The monoisotopic (exact) mass is 362 g/mol. The lowest BCUT2D eigenvalue weighted by atomic mass is 10.2. The summed E-state index contributed by atoms with van der Waals surface area (Å²) in [6.07, 6.45) is 4.11. The van der Waals surface area contributed by atoms with Crippen LogP contribution < -0.4 is 16.2 Å². The largest absolute Gasteiger partial charge is 0.315 e. The van der Waals surface area contributed by atoms with Gasteiger partial charge >= 0.3 is 0 Å². The van der Waals surface area contributed by atoms with Gasteiger partial charge in [0.25, 0.3) is 5.56 Å². The third-order valence-corrected chi connectivity index (χ3v) is 4.54. The van der Waals surface area contributed by atoms with E-state index in [-0.39, 0.29) is 5.56 Å².